The molecule has 0 bridgehead atoms. The molecule has 0 fully saturated rings. The predicted molar refractivity (Wildman–Crippen MR) is 106 cm³/mol. The van der Waals surface area contributed by atoms with Crippen molar-refractivity contribution in [1.29, 1.82) is 0 Å². The van der Waals surface area contributed by atoms with E-state index in [1.165, 1.54) is 17.5 Å². The second-order valence-corrected chi connectivity index (χ2v) is 13.0. The SMILES string of the molecule is C[Si]1(C)c2cc(I)ccc2C(=O)c2cc(Br)c(I)cc21. The van der Waals surface area contributed by atoms with Crippen molar-refractivity contribution in [3.63, 3.8) is 0 Å². The Morgan fingerprint density at radius 3 is 2.35 bits per heavy atom. The van der Waals surface area contributed by atoms with E-state index in [-0.39, 0.29) is 5.78 Å². The summed E-state index contributed by atoms with van der Waals surface area (Å²) in [7, 11) is -1.81. The Kier molecular flexibility index (Phi) is 3.92. The van der Waals surface area contributed by atoms with E-state index < -0.39 is 8.07 Å². The van der Waals surface area contributed by atoms with Gasteiger partial charge in [0.1, 0.15) is 8.07 Å². The summed E-state index contributed by atoms with van der Waals surface area (Å²) < 4.78 is 3.37. The third-order valence-corrected chi connectivity index (χ3v) is 10.4. The van der Waals surface area contributed by atoms with Gasteiger partial charge in [-0.2, -0.15) is 0 Å². The number of carbonyl (C=O) groups excluding carboxylic acids is 1. The number of fused-ring (bicyclic) bond motifs is 2. The van der Waals surface area contributed by atoms with Gasteiger partial charge in [-0.05, 0) is 95.8 Å². The topological polar surface area (TPSA) is 17.1 Å². The van der Waals surface area contributed by atoms with E-state index in [0.717, 1.165) is 15.6 Å². The summed E-state index contributed by atoms with van der Waals surface area (Å²) in [6.07, 6.45) is 0. The Balaban J connectivity index is 2.37. The molecular formula is C15H11BrI2OSi. The predicted octanol–water partition coefficient (Wildman–Crippen LogP) is 4.03. The van der Waals surface area contributed by atoms with Crippen LogP contribution in [0.4, 0.5) is 0 Å². The molecule has 0 amide bonds. The van der Waals surface area contributed by atoms with Gasteiger partial charge in [-0.25, -0.2) is 0 Å². The number of carbonyl (C=O) groups is 1. The third-order valence-electron chi connectivity index (χ3n) is 3.88. The Morgan fingerprint density at radius 2 is 1.65 bits per heavy atom. The molecule has 0 N–H and O–H groups in total. The highest BCUT2D eigenvalue weighted by atomic mass is 127. The second kappa shape index (κ2) is 5.17. The van der Waals surface area contributed by atoms with Crippen LogP contribution in [0.2, 0.25) is 13.1 Å². The van der Waals surface area contributed by atoms with Crippen molar-refractivity contribution in [3.8, 4) is 0 Å². The number of benzene rings is 2. The van der Waals surface area contributed by atoms with Gasteiger partial charge in [0, 0.05) is 22.7 Å². The third kappa shape index (κ3) is 2.24. The minimum absolute atomic E-state index is 0.162. The molecule has 1 nitrogen and oxygen atoms in total. The zero-order valence-corrected chi connectivity index (χ0v) is 17.8. The largest absolute Gasteiger partial charge is 0.289 e. The molecule has 0 aromatic heterocycles. The zero-order chi connectivity index (χ0) is 14.7. The first-order valence-corrected chi connectivity index (χ1v) is 12.1. The number of ketones is 1. The van der Waals surface area contributed by atoms with Crippen molar-refractivity contribution in [1.82, 2.24) is 0 Å². The van der Waals surface area contributed by atoms with Crippen molar-refractivity contribution < 1.29 is 4.79 Å². The molecule has 1 aliphatic heterocycles. The van der Waals surface area contributed by atoms with Gasteiger partial charge in [-0.1, -0.05) is 19.2 Å². The van der Waals surface area contributed by atoms with Crippen molar-refractivity contribution in [2.45, 2.75) is 13.1 Å². The zero-order valence-electron chi connectivity index (χ0n) is 10.9. The molecular weight excluding hydrogens is 558 g/mol. The maximum atomic E-state index is 12.8. The lowest BCUT2D eigenvalue weighted by atomic mass is 10.0. The Labute approximate surface area is 155 Å². The first kappa shape index (κ1) is 15.2. The molecule has 3 rings (SSSR count). The van der Waals surface area contributed by atoms with E-state index in [9.17, 15) is 4.79 Å². The van der Waals surface area contributed by atoms with Crippen LogP contribution in [-0.2, 0) is 0 Å². The average Bonchev–Trinajstić information content (AvgIpc) is 2.39. The quantitative estimate of drug-likeness (QED) is 0.347. The van der Waals surface area contributed by atoms with Crippen molar-refractivity contribution in [3.05, 3.63) is 53.1 Å². The van der Waals surface area contributed by atoms with E-state index in [0.29, 0.717) is 0 Å². The van der Waals surface area contributed by atoms with Crippen molar-refractivity contribution in [2.24, 2.45) is 0 Å². The van der Waals surface area contributed by atoms with E-state index in [1.54, 1.807) is 0 Å². The van der Waals surface area contributed by atoms with Gasteiger partial charge in [-0.15, -0.1) is 0 Å². The lowest BCUT2D eigenvalue weighted by Crippen LogP contribution is -2.60. The molecule has 0 saturated heterocycles. The van der Waals surface area contributed by atoms with Gasteiger partial charge in [0.15, 0.2) is 5.78 Å². The molecule has 0 unspecified atom stereocenters. The molecule has 2 aromatic rings. The normalized spacial score (nSPS) is 15.8. The van der Waals surface area contributed by atoms with Gasteiger partial charge >= 0.3 is 0 Å². The van der Waals surface area contributed by atoms with Crippen molar-refractivity contribution >= 4 is 85.3 Å². The summed E-state index contributed by atoms with van der Waals surface area (Å²) in [5, 5.41) is 2.52. The molecule has 0 spiro atoms. The standard InChI is InChI=1S/C15H11BrI2OSi/c1-20(2)13-5-8(17)3-4-9(13)15(19)10-6-11(16)12(18)7-14(10)20/h3-7H,1-2H3. The lowest BCUT2D eigenvalue weighted by molar-refractivity contribution is 0.104. The smallest absolute Gasteiger partial charge is 0.192 e. The maximum absolute atomic E-state index is 12.8. The van der Waals surface area contributed by atoms with Crippen LogP contribution in [0.1, 0.15) is 15.9 Å². The van der Waals surface area contributed by atoms with Gasteiger partial charge in [-0.3, -0.25) is 4.79 Å². The van der Waals surface area contributed by atoms with Crippen LogP contribution < -0.4 is 10.4 Å². The molecule has 0 aliphatic carbocycles. The Bertz CT molecular complexity index is 756. The van der Waals surface area contributed by atoms with Gasteiger partial charge in [0.05, 0.1) is 0 Å². The van der Waals surface area contributed by atoms with E-state index in [4.69, 9.17) is 0 Å². The van der Waals surface area contributed by atoms with Crippen molar-refractivity contribution in [2.75, 3.05) is 0 Å². The van der Waals surface area contributed by atoms with Crippen LogP contribution in [0, 0.1) is 7.14 Å². The highest BCUT2D eigenvalue weighted by Gasteiger charge is 2.38. The molecule has 1 aliphatic rings. The summed E-state index contributed by atoms with van der Waals surface area (Å²) in [5.41, 5.74) is 1.77. The summed E-state index contributed by atoms with van der Waals surface area (Å²) >= 11 is 8.19. The summed E-state index contributed by atoms with van der Waals surface area (Å²) in [4.78, 5) is 12.8. The van der Waals surface area contributed by atoms with Crippen LogP contribution in [0.15, 0.2) is 34.8 Å². The summed E-state index contributed by atoms with van der Waals surface area (Å²) in [5.74, 6) is 0.162. The molecule has 102 valence electrons. The van der Waals surface area contributed by atoms with E-state index >= 15 is 0 Å². The minimum atomic E-state index is -1.81. The molecule has 0 atom stereocenters. The fraction of sp³-hybridized carbons (Fsp3) is 0.133. The van der Waals surface area contributed by atoms with Gasteiger partial charge < -0.3 is 0 Å². The first-order chi connectivity index (χ1) is 9.32. The number of halogens is 3. The number of rotatable bonds is 0. The molecule has 20 heavy (non-hydrogen) atoms. The van der Waals surface area contributed by atoms with Crippen LogP contribution >= 0.6 is 61.1 Å². The van der Waals surface area contributed by atoms with Gasteiger partial charge in [0.25, 0.3) is 0 Å². The summed E-state index contributed by atoms with van der Waals surface area (Å²) in [6.45, 7) is 4.66. The lowest BCUT2D eigenvalue weighted by Gasteiger charge is -2.33. The maximum Gasteiger partial charge on any atom is 0.192 e. The van der Waals surface area contributed by atoms with E-state index in [2.05, 4.69) is 86.3 Å². The summed E-state index contributed by atoms with van der Waals surface area (Å²) in [6, 6.07) is 10.4. The van der Waals surface area contributed by atoms with E-state index in [1.807, 2.05) is 18.2 Å². The second-order valence-electron chi connectivity index (χ2n) is 5.46. The minimum Gasteiger partial charge on any atom is -0.289 e. The molecule has 2 aromatic carbocycles. The molecule has 1 heterocycles. The number of hydrogen-bond acceptors (Lipinski definition) is 1. The Hall–Kier alpha value is 0.267. The first-order valence-electron chi connectivity index (χ1n) is 6.16. The highest BCUT2D eigenvalue weighted by molar-refractivity contribution is 14.1. The van der Waals surface area contributed by atoms with Crippen LogP contribution in [0.3, 0.4) is 0 Å². The molecule has 0 saturated carbocycles. The highest BCUT2D eigenvalue weighted by Crippen LogP contribution is 2.27. The fourth-order valence-electron chi connectivity index (χ4n) is 2.77. The molecule has 0 radical (unpaired) electrons. The van der Waals surface area contributed by atoms with Crippen LogP contribution in [0.5, 0.6) is 0 Å². The van der Waals surface area contributed by atoms with Crippen LogP contribution in [0.25, 0.3) is 0 Å². The fourth-order valence-corrected chi connectivity index (χ4v) is 7.70. The molecule has 5 heteroatoms. The average molecular weight is 569 g/mol. The Morgan fingerprint density at radius 1 is 1.00 bits per heavy atom. The van der Waals surface area contributed by atoms with Crippen LogP contribution in [-0.4, -0.2) is 13.9 Å². The number of hydrogen-bond donors (Lipinski definition) is 0. The monoisotopic (exact) mass is 568 g/mol. The van der Waals surface area contributed by atoms with Gasteiger partial charge in [0.2, 0.25) is 0 Å².